The van der Waals surface area contributed by atoms with Gasteiger partial charge in [-0.1, -0.05) is 48.0 Å². The highest BCUT2D eigenvalue weighted by Gasteiger charge is 2.20. The van der Waals surface area contributed by atoms with Crippen LogP contribution in [0.3, 0.4) is 0 Å². The summed E-state index contributed by atoms with van der Waals surface area (Å²) < 4.78 is 0. The van der Waals surface area contributed by atoms with E-state index in [2.05, 4.69) is 38.4 Å². The number of halogens is 1. The molecule has 0 saturated heterocycles. The number of carbonyl (C=O) groups excluding carboxylic acids is 1. The first-order valence-corrected chi connectivity index (χ1v) is 9.29. The van der Waals surface area contributed by atoms with E-state index in [9.17, 15) is 4.79 Å². The molecule has 136 valence electrons. The van der Waals surface area contributed by atoms with Gasteiger partial charge in [-0.15, -0.1) is 0 Å². The molecular weight excluding hydrogens is 360 g/mol. The first kappa shape index (κ1) is 17.5. The van der Waals surface area contributed by atoms with Gasteiger partial charge in [0.1, 0.15) is 0 Å². The molecule has 0 aliphatic carbocycles. The zero-order valence-electron chi connectivity index (χ0n) is 14.7. The largest absolute Gasteiger partial charge is 0.348 e. The fraction of sp³-hybridized carbons (Fsp3) is 0.190. The number of hydrogen-bond donors (Lipinski definition) is 1. The zero-order valence-corrected chi connectivity index (χ0v) is 15.5. The van der Waals surface area contributed by atoms with Crippen molar-refractivity contribution in [2.24, 2.45) is 0 Å². The number of nitrogens with zero attached hydrogens (tertiary/aromatic N) is 3. The molecule has 0 atom stereocenters. The van der Waals surface area contributed by atoms with Crippen LogP contribution in [0.4, 0.5) is 11.6 Å². The molecule has 27 heavy (non-hydrogen) atoms. The van der Waals surface area contributed by atoms with E-state index >= 15 is 0 Å². The van der Waals surface area contributed by atoms with Gasteiger partial charge in [-0.05, 0) is 36.1 Å². The van der Waals surface area contributed by atoms with Crippen molar-refractivity contribution in [3.05, 3.63) is 82.6 Å². The van der Waals surface area contributed by atoms with Crippen molar-refractivity contribution < 1.29 is 4.79 Å². The Kier molecular flexibility index (Phi) is 5.03. The van der Waals surface area contributed by atoms with Crippen LogP contribution in [0.25, 0.3) is 0 Å². The molecule has 4 rings (SSSR count). The van der Waals surface area contributed by atoms with E-state index in [1.54, 1.807) is 18.5 Å². The lowest BCUT2D eigenvalue weighted by Crippen LogP contribution is -2.27. The van der Waals surface area contributed by atoms with Crippen LogP contribution in [0.1, 0.15) is 27.9 Å². The lowest BCUT2D eigenvalue weighted by molar-refractivity contribution is 0.0950. The van der Waals surface area contributed by atoms with Crippen molar-refractivity contribution in [3.63, 3.8) is 0 Å². The number of rotatable bonds is 4. The maximum Gasteiger partial charge on any atom is 0.254 e. The second-order valence-corrected chi connectivity index (χ2v) is 6.84. The molecule has 1 aliphatic heterocycles. The SMILES string of the molecule is O=C(NCc1ccccc1Cl)c1cnc(N2CCCc3ccccc32)nc1. The third-order valence-corrected chi connectivity index (χ3v) is 5.02. The van der Waals surface area contributed by atoms with E-state index in [1.807, 2.05) is 24.3 Å². The number of carbonyl (C=O) groups is 1. The Morgan fingerprint density at radius 3 is 2.63 bits per heavy atom. The molecule has 0 saturated carbocycles. The number of para-hydroxylation sites is 1. The number of amides is 1. The monoisotopic (exact) mass is 378 g/mol. The maximum atomic E-state index is 12.4. The smallest absolute Gasteiger partial charge is 0.254 e. The number of nitrogens with one attached hydrogen (secondary N) is 1. The molecule has 1 N–H and O–H groups in total. The van der Waals surface area contributed by atoms with Crippen molar-refractivity contribution in [2.75, 3.05) is 11.4 Å². The van der Waals surface area contributed by atoms with Gasteiger partial charge in [0, 0.05) is 36.2 Å². The summed E-state index contributed by atoms with van der Waals surface area (Å²) in [5.41, 5.74) is 3.74. The van der Waals surface area contributed by atoms with Crippen LogP contribution in [0.5, 0.6) is 0 Å². The minimum absolute atomic E-state index is 0.222. The predicted octanol–water partition coefficient (Wildman–Crippen LogP) is 4.14. The minimum atomic E-state index is -0.222. The van der Waals surface area contributed by atoms with Crippen molar-refractivity contribution in [1.29, 1.82) is 0 Å². The van der Waals surface area contributed by atoms with Gasteiger partial charge in [-0.2, -0.15) is 0 Å². The molecule has 0 fully saturated rings. The van der Waals surface area contributed by atoms with Crippen LogP contribution < -0.4 is 10.2 Å². The van der Waals surface area contributed by atoms with Gasteiger partial charge >= 0.3 is 0 Å². The van der Waals surface area contributed by atoms with Gasteiger partial charge in [0.05, 0.1) is 5.56 Å². The number of aromatic nitrogens is 2. The summed E-state index contributed by atoms with van der Waals surface area (Å²) >= 11 is 6.12. The summed E-state index contributed by atoms with van der Waals surface area (Å²) in [4.78, 5) is 23.3. The lowest BCUT2D eigenvalue weighted by Gasteiger charge is -2.29. The van der Waals surface area contributed by atoms with Gasteiger partial charge in [0.2, 0.25) is 5.95 Å². The average Bonchev–Trinajstić information content (AvgIpc) is 2.73. The number of benzene rings is 2. The predicted molar refractivity (Wildman–Crippen MR) is 106 cm³/mol. The van der Waals surface area contributed by atoms with Crippen molar-refractivity contribution >= 4 is 29.1 Å². The van der Waals surface area contributed by atoms with Crippen LogP contribution in [-0.2, 0) is 13.0 Å². The number of fused-ring (bicyclic) bond motifs is 1. The summed E-state index contributed by atoms with van der Waals surface area (Å²) in [6, 6.07) is 15.7. The highest BCUT2D eigenvalue weighted by Crippen LogP contribution is 2.30. The maximum absolute atomic E-state index is 12.4. The molecule has 2 aromatic carbocycles. The minimum Gasteiger partial charge on any atom is -0.348 e. The first-order valence-electron chi connectivity index (χ1n) is 8.91. The highest BCUT2D eigenvalue weighted by molar-refractivity contribution is 6.31. The summed E-state index contributed by atoms with van der Waals surface area (Å²) in [6.45, 7) is 1.23. The zero-order chi connectivity index (χ0) is 18.6. The quantitative estimate of drug-likeness (QED) is 0.741. The van der Waals surface area contributed by atoms with Gasteiger partial charge in [-0.25, -0.2) is 9.97 Å². The van der Waals surface area contributed by atoms with E-state index in [4.69, 9.17) is 11.6 Å². The van der Waals surface area contributed by atoms with Crippen LogP contribution in [0.15, 0.2) is 60.9 Å². The van der Waals surface area contributed by atoms with E-state index in [1.165, 1.54) is 5.56 Å². The standard InChI is InChI=1S/C21H19ClN4O/c22-18-9-3-1-7-16(18)12-23-20(27)17-13-24-21(25-14-17)26-11-5-8-15-6-2-4-10-19(15)26/h1-4,6-7,9-10,13-14H,5,8,11-12H2,(H,23,27). The third-order valence-electron chi connectivity index (χ3n) is 4.65. The Labute approximate surface area is 163 Å². The molecule has 0 unspecified atom stereocenters. The highest BCUT2D eigenvalue weighted by atomic mass is 35.5. The summed E-state index contributed by atoms with van der Waals surface area (Å²) in [5.74, 6) is 0.394. The number of aryl methyl sites for hydroxylation is 1. The van der Waals surface area contributed by atoms with E-state index < -0.39 is 0 Å². The summed E-state index contributed by atoms with van der Waals surface area (Å²) in [6.07, 6.45) is 5.26. The van der Waals surface area contributed by atoms with Crippen molar-refractivity contribution in [1.82, 2.24) is 15.3 Å². The van der Waals surface area contributed by atoms with Crippen LogP contribution in [0, 0.1) is 0 Å². The van der Waals surface area contributed by atoms with Gasteiger partial charge in [-0.3, -0.25) is 4.79 Å². The lowest BCUT2D eigenvalue weighted by atomic mass is 10.0. The van der Waals surface area contributed by atoms with Gasteiger partial charge < -0.3 is 10.2 Å². The Morgan fingerprint density at radius 1 is 1.07 bits per heavy atom. The molecule has 3 aromatic rings. The molecule has 5 nitrogen and oxygen atoms in total. The molecule has 1 aliphatic rings. The average molecular weight is 379 g/mol. The van der Waals surface area contributed by atoms with Crippen LogP contribution in [0.2, 0.25) is 5.02 Å². The molecule has 0 spiro atoms. The second kappa shape index (κ2) is 7.76. The Bertz CT molecular complexity index is 958. The molecule has 6 heteroatoms. The molecule has 2 heterocycles. The Balaban J connectivity index is 1.46. The number of hydrogen-bond acceptors (Lipinski definition) is 4. The summed E-state index contributed by atoms with van der Waals surface area (Å²) in [5, 5.41) is 3.49. The number of anilines is 2. The third kappa shape index (κ3) is 3.78. The van der Waals surface area contributed by atoms with Gasteiger partial charge in [0.25, 0.3) is 5.91 Å². The molecular formula is C21H19ClN4O. The van der Waals surface area contributed by atoms with E-state index in [0.29, 0.717) is 23.1 Å². The fourth-order valence-corrected chi connectivity index (χ4v) is 3.44. The van der Waals surface area contributed by atoms with Gasteiger partial charge in [0.15, 0.2) is 0 Å². The first-order chi connectivity index (χ1) is 13.2. The molecule has 0 bridgehead atoms. The van der Waals surface area contributed by atoms with E-state index in [-0.39, 0.29) is 5.91 Å². The second-order valence-electron chi connectivity index (χ2n) is 6.43. The van der Waals surface area contributed by atoms with Crippen molar-refractivity contribution in [3.8, 4) is 0 Å². The normalized spacial score (nSPS) is 13.1. The Morgan fingerprint density at radius 2 is 1.81 bits per heavy atom. The molecule has 1 amide bonds. The summed E-state index contributed by atoms with van der Waals surface area (Å²) in [7, 11) is 0. The molecule has 1 aromatic heterocycles. The van der Waals surface area contributed by atoms with Crippen LogP contribution >= 0.6 is 11.6 Å². The van der Waals surface area contributed by atoms with Crippen molar-refractivity contribution in [2.45, 2.75) is 19.4 Å². The topological polar surface area (TPSA) is 58.1 Å². The fourth-order valence-electron chi connectivity index (χ4n) is 3.24. The molecule has 0 radical (unpaired) electrons. The Hall–Kier alpha value is -2.92. The van der Waals surface area contributed by atoms with Crippen LogP contribution in [-0.4, -0.2) is 22.4 Å². The van der Waals surface area contributed by atoms with E-state index in [0.717, 1.165) is 30.6 Å².